The van der Waals surface area contributed by atoms with Gasteiger partial charge < -0.3 is 0 Å². The molecule has 0 aromatic heterocycles. The lowest BCUT2D eigenvalue weighted by molar-refractivity contribution is 0.139. The SMILES string of the molecule is CCCCCC(C[C@@H]1CC[C@H](CC(CC)OS(C)(=O)=O)N1S(C)(=O)=O)OS(C)(=O)=O. The van der Waals surface area contributed by atoms with Gasteiger partial charge in [0.2, 0.25) is 10.0 Å². The van der Waals surface area contributed by atoms with Gasteiger partial charge in [-0.1, -0.05) is 33.1 Å². The average Bonchev–Trinajstić information content (AvgIpc) is 2.94. The molecular formula is C18H37NO8S3. The maximum atomic E-state index is 12.5. The molecule has 1 heterocycles. The van der Waals surface area contributed by atoms with Crippen LogP contribution in [0.15, 0.2) is 0 Å². The molecule has 0 aliphatic carbocycles. The van der Waals surface area contributed by atoms with Gasteiger partial charge in [0.05, 0.1) is 31.0 Å². The summed E-state index contributed by atoms with van der Waals surface area (Å²) in [7, 11) is -10.9. The Hall–Kier alpha value is -0.270. The summed E-state index contributed by atoms with van der Waals surface area (Å²) < 4.78 is 83.2. The molecule has 1 rings (SSSR count). The molecule has 0 amide bonds. The van der Waals surface area contributed by atoms with Crippen LogP contribution in [0, 0.1) is 0 Å². The summed E-state index contributed by atoms with van der Waals surface area (Å²) in [6, 6.07) is -0.791. The number of hydrogen-bond donors (Lipinski definition) is 0. The molecule has 1 aliphatic rings. The third kappa shape index (κ3) is 10.4. The van der Waals surface area contributed by atoms with Crippen molar-refractivity contribution >= 4 is 30.3 Å². The molecule has 2 unspecified atom stereocenters. The van der Waals surface area contributed by atoms with Crippen molar-refractivity contribution in [1.82, 2.24) is 4.31 Å². The fraction of sp³-hybridized carbons (Fsp3) is 1.00. The minimum atomic E-state index is -3.67. The van der Waals surface area contributed by atoms with Crippen molar-refractivity contribution in [2.24, 2.45) is 0 Å². The van der Waals surface area contributed by atoms with Gasteiger partial charge in [-0.25, -0.2) is 8.42 Å². The Balaban J connectivity index is 2.99. The van der Waals surface area contributed by atoms with Gasteiger partial charge in [0.25, 0.3) is 20.2 Å². The molecule has 1 aliphatic heterocycles. The summed E-state index contributed by atoms with van der Waals surface area (Å²) in [5.41, 5.74) is 0. The molecule has 1 saturated heterocycles. The van der Waals surface area contributed by atoms with Crippen molar-refractivity contribution in [3.63, 3.8) is 0 Å². The summed E-state index contributed by atoms with van der Waals surface area (Å²) in [5, 5.41) is 0. The second kappa shape index (κ2) is 11.6. The van der Waals surface area contributed by atoms with Gasteiger partial charge in [-0.2, -0.15) is 21.1 Å². The first-order chi connectivity index (χ1) is 13.7. The van der Waals surface area contributed by atoms with Gasteiger partial charge >= 0.3 is 0 Å². The third-order valence-corrected chi connectivity index (χ3v) is 7.82. The number of nitrogens with zero attached hydrogens (tertiary/aromatic N) is 1. The molecule has 0 N–H and O–H groups in total. The minimum Gasteiger partial charge on any atom is -0.267 e. The monoisotopic (exact) mass is 491 g/mol. The molecule has 0 bridgehead atoms. The Bertz CT molecular complexity index is 839. The summed E-state index contributed by atoms with van der Waals surface area (Å²) in [5.74, 6) is 0. The predicted molar refractivity (Wildman–Crippen MR) is 117 cm³/mol. The Morgan fingerprint density at radius 2 is 1.27 bits per heavy atom. The first-order valence-electron chi connectivity index (χ1n) is 10.4. The van der Waals surface area contributed by atoms with E-state index in [1.807, 2.05) is 6.92 Å². The molecule has 30 heavy (non-hydrogen) atoms. The van der Waals surface area contributed by atoms with Crippen molar-refractivity contribution in [2.75, 3.05) is 18.8 Å². The van der Waals surface area contributed by atoms with E-state index in [0.29, 0.717) is 25.7 Å². The largest absolute Gasteiger partial charge is 0.267 e. The lowest BCUT2D eigenvalue weighted by Crippen LogP contribution is -2.43. The van der Waals surface area contributed by atoms with Gasteiger partial charge in [-0.3, -0.25) is 8.37 Å². The topological polar surface area (TPSA) is 124 Å². The second-order valence-corrected chi connectivity index (χ2v) is 13.3. The Labute approximate surface area is 182 Å². The van der Waals surface area contributed by atoms with Crippen LogP contribution in [0.5, 0.6) is 0 Å². The van der Waals surface area contributed by atoms with E-state index in [2.05, 4.69) is 0 Å². The number of hydrogen-bond acceptors (Lipinski definition) is 8. The Morgan fingerprint density at radius 3 is 1.67 bits per heavy atom. The number of unbranched alkanes of at least 4 members (excludes halogenated alkanes) is 2. The van der Waals surface area contributed by atoms with E-state index >= 15 is 0 Å². The standard InChI is InChI=1S/C18H37NO8S3/c1-6-8-9-10-18(27-30(5,24)25)14-16-12-11-15(19(16)28(3,20)21)13-17(7-2)26-29(4,22)23/h15-18H,6-14H2,1-5H3/t15-,16+,17?,18?/m1/s1. The van der Waals surface area contributed by atoms with Crippen LogP contribution in [-0.4, -0.2) is 72.6 Å². The molecule has 0 aromatic rings. The smallest absolute Gasteiger partial charge is 0.264 e. The second-order valence-electron chi connectivity index (χ2n) is 8.20. The lowest BCUT2D eigenvalue weighted by atomic mass is 10.0. The highest BCUT2D eigenvalue weighted by molar-refractivity contribution is 7.88. The fourth-order valence-corrected chi connectivity index (χ4v) is 6.97. The van der Waals surface area contributed by atoms with Crippen LogP contribution >= 0.6 is 0 Å². The van der Waals surface area contributed by atoms with Gasteiger partial charge in [0.1, 0.15) is 0 Å². The van der Waals surface area contributed by atoms with E-state index in [-0.39, 0.29) is 12.8 Å². The summed E-state index contributed by atoms with van der Waals surface area (Å²) in [4.78, 5) is 0. The lowest BCUT2D eigenvalue weighted by Gasteiger charge is -2.31. The molecular weight excluding hydrogens is 454 g/mol. The normalized spacial score (nSPS) is 23.5. The maximum Gasteiger partial charge on any atom is 0.264 e. The van der Waals surface area contributed by atoms with E-state index in [9.17, 15) is 25.3 Å². The van der Waals surface area contributed by atoms with Gasteiger partial charge in [0, 0.05) is 12.1 Å². The van der Waals surface area contributed by atoms with Crippen molar-refractivity contribution in [2.45, 2.75) is 95.9 Å². The number of rotatable bonds is 14. The van der Waals surface area contributed by atoms with Gasteiger partial charge in [0.15, 0.2) is 0 Å². The number of sulfonamides is 1. The van der Waals surface area contributed by atoms with E-state index in [1.165, 1.54) is 4.31 Å². The van der Waals surface area contributed by atoms with Crippen LogP contribution < -0.4 is 0 Å². The Kier molecular flexibility index (Phi) is 10.7. The molecule has 9 nitrogen and oxygen atoms in total. The highest BCUT2D eigenvalue weighted by Crippen LogP contribution is 2.34. The predicted octanol–water partition coefficient (Wildman–Crippen LogP) is 2.24. The van der Waals surface area contributed by atoms with E-state index < -0.39 is 54.6 Å². The third-order valence-electron chi connectivity index (χ3n) is 5.21. The molecule has 12 heteroatoms. The molecule has 0 saturated carbocycles. The highest BCUT2D eigenvalue weighted by Gasteiger charge is 2.41. The zero-order valence-corrected chi connectivity index (χ0v) is 21.1. The molecule has 0 radical (unpaired) electrons. The van der Waals surface area contributed by atoms with Crippen molar-refractivity contribution in [3.05, 3.63) is 0 Å². The summed E-state index contributed by atoms with van der Waals surface area (Å²) in [6.45, 7) is 3.83. The van der Waals surface area contributed by atoms with Crippen LogP contribution in [0.2, 0.25) is 0 Å². The average molecular weight is 492 g/mol. The van der Waals surface area contributed by atoms with Crippen molar-refractivity contribution in [3.8, 4) is 0 Å². The molecule has 0 aromatic carbocycles. The summed E-state index contributed by atoms with van der Waals surface area (Å²) in [6.07, 6.45) is 7.25. The van der Waals surface area contributed by atoms with Crippen molar-refractivity contribution < 1.29 is 33.6 Å². The quantitative estimate of drug-likeness (QED) is 0.268. The molecule has 1 fully saturated rings. The van der Waals surface area contributed by atoms with Crippen LogP contribution in [0.4, 0.5) is 0 Å². The molecule has 180 valence electrons. The van der Waals surface area contributed by atoms with Crippen molar-refractivity contribution in [1.29, 1.82) is 0 Å². The van der Waals surface area contributed by atoms with Gasteiger partial charge in [-0.15, -0.1) is 0 Å². The van der Waals surface area contributed by atoms with E-state index in [0.717, 1.165) is 38.0 Å². The zero-order valence-electron chi connectivity index (χ0n) is 18.6. The van der Waals surface area contributed by atoms with Crippen LogP contribution in [0.3, 0.4) is 0 Å². The van der Waals surface area contributed by atoms with Crippen LogP contribution in [0.25, 0.3) is 0 Å². The van der Waals surface area contributed by atoms with Crippen LogP contribution in [-0.2, 0) is 38.6 Å². The molecule has 4 atom stereocenters. The van der Waals surface area contributed by atoms with Crippen LogP contribution in [0.1, 0.15) is 71.6 Å². The zero-order chi connectivity index (χ0) is 23.2. The first-order valence-corrected chi connectivity index (χ1v) is 15.9. The highest BCUT2D eigenvalue weighted by atomic mass is 32.2. The van der Waals surface area contributed by atoms with E-state index in [4.69, 9.17) is 8.37 Å². The van der Waals surface area contributed by atoms with Gasteiger partial charge in [-0.05, 0) is 38.5 Å². The fourth-order valence-electron chi connectivity index (χ4n) is 4.13. The van der Waals surface area contributed by atoms with E-state index in [1.54, 1.807) is 6.92 Å². The first kappa shape index (κ1) is 27.8. The molecule has 0 spiro atoms. The Morgan fingerprint density at radius 1 is 0.800 bits per heavy atom. The maximum absolute atomic E-state index is 12.5. The summed E-state index contributed by atoms with van der Waals surface area (Å²) >= 11 is 0. The minimum absolute atomic E-state index is 0.264.